The van der Waals surface area contributed by atoms with Gasteiger partial charge in [0.15, 0.2) is 0 Å². The molecule has 0 aliphatic heterocycles. The average Bonchev–Trinajstić information content (AvgIpc) is 2.01. The second kappa shape index (κ2) is 3.45. The summed E-state index contributed by atoms with van der Waals surface area (Å²) in [5, 5.41) is 7.34. The van der Waals surface area contributed by atoms with Crippen LogP contribution in [0.3, 0.4) is 0 Å². The second-order valence-corrected chi connectivity index (χ2v) is 4.69. The Kier molecular flexibility index (Phi) is 2.65. The molecule has 0 amide bonds. The molecule has 2 heteroatoms. The summed E-state index contributed by atoms with van der Waals surface area (Å²) < 4.78 is 0. The van der Waals surface area contributed by atoms with Crippen LogP contribution in [0.25, 0.3) is 0 Å². The lowest BCUT2D eigenvalue weighted by atomic mass is 9.83. The van der Waals surface area contributed by atoms with E-state index in [2.05, 4.69) is 33.8 Å². The fourth-order valence-electron chi connectivity index (χ4n) is 1.67. The zero-order valence-electron chi connectivity index (χ0n) is 9.31. The summed E-state index contributed by atoms with van der Waals surface area (Å²) in [7, 11) is 0. The van der Waals surface area contributed by atoms with Gasteiger partial charge in [0, 0.05) is 5.56 Å². The summed E-state index contributed by atoms with van der Waals surface area (Å²) in [4.78, 5) is 0. The number of hydrogen-bond acceptors (Lipinski definition) is 1. The highest BCUT2D eigenvalue weighted by atomic mass is 14.7. The molecule has 0 heterocycles. The van der Waals surface area contributed by atoms with Crippen molar-refractivity contribution in [1.82, 2.24) is 0 Å². The average molecular weight is 190 g/mol. The van der Waals surface area contributed by atoms with E-state index in [1.807, 2.05) is 12.1 Å². The first-order valence-corrected chi connectivity index (χ1v) is 4.78. The van der Waals surface area contributed by atoms with Crippen molar-refractivity contribution in [3.63, 3.8) is 0 Å². The van der Waals surface area contributed by atoms with E-state index in [0.717, 1.165) is 5.56 Å². The fraction of sp³-hybridized carbons (Fsp3) is 0.417. The minimum absolute atomic E-state index is 0.133. The van der Waals surface area contributed by atoms with Gasteiger partial charge in [0.25, 0.3) is 0 Å². The summed E-state index contributed by atoms with van der Waals surface area (Å²) >= 11 is 0. The quantitative estimate of drug-likeness (QED) is 0.519. The van der Waals surface area contributed by atoms with Gasteiger partial charge in [-0.25, -0.2) is 0 Å². The molecule has 3 N–H and O–H groups in total. The van der Waals surface area contributed by atoms with Gasteiger partial charge in [-0.1, -0.05) is 32.9 Å². The third kappa shape index (κ3) is 2.13. The Labute approximate surface area is 85.6 Å². The maximum atomic E-state index is 7.34. The first-order chi connectivity index (χ1) is 6.32. The Morgan fingerprint density at radius 1 is 1.29 bits per heavy atom. The molecule has 2 nitrogen and oxygen atoms in total. The molecule has 1 aromatic rings. The summed E-state index contributed by atoms with van der Waals surface area (Å²) in [5.74, 6) is 0.133. The number of nitrogen functional groups attached to an aromatic ring is 1. The van der Waals surface area contributed by atoms with Crippen LogP contribution in [0.1, 0.15) is 37.5 Å². The lowest BCUT2D eigenvalue weighted by Crippen LogP contribution is -2.16. The SMILES string of the molecule is Cc1cc(C(=N)N)ccc1C(C)(C)C. The van der Waals surface area contributed by atoms with Gasteiger partial charge in [0.05, 0.1) is 0 Å². The maximum absolute atomic E-state index is 7.34. The highest BCUT2D eigenvalue weighted by Gasteiger charge is 2.16. The van der Waals surface area contributed by atoms with Crippen LogP contribution in [-0.2, 0) is 5.41 Å². The summed E-state index contributed by atoms with van der Waals surface area (Å²) in [6, 6.07) is 5.95. The van der Waals surface area contributed by atoms with Crippen LogP contribution < -0.4 is 5.73 Å². The minimum Gasteiger partial charge on any atom is -0.384 e. The molecule has 0 atom stereocenters. The molecule has 0 radical (unpaired) electrons. The number of benzene rings is 1. The molecular weight excluding hydrogens is 172 g/mol. The van der Waals surface area contributed by atoms with Crippen molar-refractivity contribution in [3.05, 3.63) is 34.9 Å². The monoisotopic (exact) mass is 190 g/mol. The molecule has 0 saturated heterocycles. The van der Waals surface area contributed by atoms with Gasteiger partial charge in [0.2, 0.25) is 0 Å². The third-order valence-electron chi connectivity index (χ3n) is 2.35. The van der Waals surface area contributed by atoms with Crippen LogP contribution >= 0.6 is 0 Å². The Balaban J connectivity index is 3.21. The van der Waals surface area contributed by atoms with Crippen molar-refractivity contribution >= 4 is 5.84 Å². The van der Waals surface area contributed by atoms with Crippen LogP contribution in [-0.4, -0.2) is 5.84 Å². The van der Waals surface area contributed by atoms with Crippen molar-refractivity contribution < 1.29 is 0 Å². The minimum atomic E-state index is 0.133. The Morgan fingerprint density at radius 2 is 1.86 bits per heavy atom. The van der Waals surface area contributed by atoms with Gasteiger partial charge in [-0.05, 0) is 29.5 Å². The van der Waals surface area contributed by atoms with E-state index in [0.29, 0.717) is 0 Å². The molecule has 1 rings (SSSR count). The number of rotatable bonds is 1. The lowest BCUT2D eigenvalue weighted by molar-refractivity contribution is 0.586. The van der Waals surface area contributed by atoms with E-state index in [1.165, 1.54) is 11.1 Å². The zero-order chi connectivity index (χ0) is 10.9. The summed E-state index contributed by atoms with van der Waals surface area (Å²) in [5.41, 5.74) is 8.89. The smallest absolute Gasteiger partial charge is 0.122 e. The van der Waals surface area contributed by atoms with Gasteiger partial charge in [-0.15, -0.1) is 0 Å². The molecule has 14 heavy (non-hydrogen) atoms. The van der Waals surface area contributed by atoms with Crippen molar-refractivity contribution in [3.8, 4) is 0 Å². The molecule has 76 valence electrons. The van der Waals surface area contributed by atoms with Crippen LogP contribution in [0.4, 0.5) is 0 Å². The van der Waals surface area contributed by atoms with Gasteiger partial charge in [0.1, 0.15) is 5.84 Å². The number of nitrogens with two attached hydrogens (primary N) is 1. The van der Waals surface area contributed by atoms with Crippen molar-refractivity contribution in [1.29, 1.82) is 5.41 Å². The highest BCUT2D eigenvalue weighted by molar-refractivity contribution is 5.95. The molecule has 1 aromatic carbocycles. The number of aryl methyl sites for hydroxylation is 1. The van der Waals surface area contributed by atoms with Crippen LogP contribution in [0, 0.1) is 12.3 Å². The van der Waals surface area contributed by atoms with Crippen LogP contribution in [0.15, 0.2) is 18.2 Å². The number of hydrogen-bond donors (Lipinski definition) is 2. The molecule has 0 saturated carbocycles. The van der Waals surface area contributed by atoms with Crippen molar-refractivity contribution in [2.45, 2.75) is 33.1 Å². The van der Waals surface area contributed by atoms with Crippen molar-refractivity contribution in [2.24, 2.45) is 5.73 Å². The largest absolute Gasteiger partial charge is 0.384 e. The predicted octanol–water partition coefficient (Wildman–Crippen LogP) is 2.58. The van der Waals surface area contributed by atoms with Crippen molar-refractivity contribution in [2.75, 3.05) is 0 Å². The van der Waals surface area contributed by atoms with E-state index in [-0.39, 0.29) is 11.3 Å². The summed E-state index contributed by atoms with van der Waals surface area (Å²) in [6.45, 7) is 8.61. The van der Waals surface area contributed by atoms with Gasteiger partial charge < -0.3 is 5.73 Å². The molecule has 0 fully saturated rings. The number of amidine groups is 1. The first kappa shape index (κ1) is 10.8. The predicted molar refractivity (Wildman–Crippen MR) is 60.9 cm³/mol. The molecular formula is C12H18N2. The van der Waals surface area contributed by atoms with Crippen LogP contribution in [0.2, 0.25) is 0 Å². The molecule has 0 aliphatic carbocycles. The van der Waals surface area contributed by atoms with E-state index in [4.69, 9.17) is 11.1 Å². The molecule has 0 unspecified atom stereocenters. The molecule has 0 aromatic heterocycles. The van der Waals surface area contributed by atoms with E-state index in [9.17, 15) is 0 Å². The fourth-order valence-corrected chi connectivity index (χ4v) is 1.67. The molecule has 0 bridgehead atoms. The maximum Gasteiger partial charge on any atom is 0.122 e. The van der Waals surface area contributed by atoms with E-state index in [1.54, 1.807) is 0 Å². The second-order valence-electron chi connectivity index (χ2n) is 4.69. The first-order valence-electron chi connectivity index (χ1n) is 4.78. The lowest BCUT2D eigenvalue weighted by Gasteiger charge is -2.22. The Bertz CT molecular complexity index is 359. The Hall–Kier alpha value is -1.31. The Morgan fingerprint density at radius 3 is 2.21 bits per heavy atom. The van der Waals surface area contributed by atoms with Crippen LogP contribution in [0.5, 0.6) is 0 Å². The highest BCUT2D eigenvalue weighted by Crippen LogP contribution is 2.25. The zero-order valence-corrected chi connectivity index (χ0v) is 9.31. The normalized spacial score (nSPS) is 11.4. The topological polar surface area (TPSA) is 49.9 Å². The number of nitrogens with one attached hydrogen (secondary N) is 1. The standard InChI is InChI=1S/C12H18N2/c1-8-7-9(11(13)14)5-6-10(8)12(2,3)4/h5-7H,1-4H3,(H3,13,14). The van der Waals surface area contributed by atoms with E-state index < -0.39 is 0 Å². The van der Waals surface area contributed by atoms with Gasteiger partial charge >= 0.3 is 0 Å². The molecule has 0 spiro atoms. The third-order valence-corrected chi connectivity index (χ3v) is 2.35. The van der Waals surface area contributed by atoms with Gasteiger partial charge in [-0.3, -0.25) is 5.41 Å². The van der Waals surface area contributed by atoms with Gasteiger partial charge in [-0.2, -0.15) is 0 Å². The summed E-state index contributed by atoms with van der Waals surface area (Å²) in [6.07, 6.45) is 0. The van der Waals surface area contributed by atoms with E-state index >= 15 is 0 Å². The molecule has 0 aliphatic rings.